The van der Waals surface area contributed by atoms with E-state index in [1.807, 2.05) is 61.5 Å². The van der Waals surface area contributed by atoms with E-state index in [9.17, 15) is 4.79 Å². The maximum absolute atomic E-state index is 12.2. The Labute approximate surface area is 175 Å². The lowest BCUT2D eigenvalue weighted by Crippen LogP contribution is -2.07. The van der Waals surface area contributed by atoms with Crippen molar-refractivity contribution < 1.29 is 9.21 Å². The summed E-state index contributed by atoms with van der Waals surface area (Å²) in [4.78, 5) is 16.4. The van der Waals surface area contributed by atoms with Crippen molar-refractivity contribution in [1.29, 1.82) is 0 Å². The number of aryl methyl sites for hydroxylation is 2. The minimum absolute atomic E-state index is 0.162. The van der Waals surface area contributed by atoms with Gasteiger partial charge in [0.2, 0.25) is 11.8 Å². The predicted molar refractivity (Wildman–Crippen MR) is 121 cm³/mol. The van der Waals surface area contributed by atoms with E-state index in [-0.39, 0.29) is 5.91 Å². The van der Waals surface area contributed by atoms with Gasteiger partial charge in [-0.1, -0.05) is 48.0 Å². The molecule has 3 aromatic carbocycles. The van der Waals surface area contributed by atoms with Gasteiger partial charge in [0, 0.05) is 17.3 Å². The molecule has 0 spiro atoms. The Balaban J connectivity index is 1.47. The molecule has 0 radical (unpaired) electrons. The van der Waals surface area contributed by atoms with Crippen LogP contribution in [0.1, 0.15) is 16.7 Å². The molecule has 4 heteroatoms. The molecular formula is C26H22N2O2. The van der Waals surface area contributed by atoms with Crippen LogP contribution in [0.2, 0.25) is 0 Å². The van der Waals surface area contributed by atoms with Crippen LogP contribution in [0.5, 0.6) is 0 Å². The summed E-state index contributed by atoms with van der Waals surface area (Å²) in [5.41, 5.74) is 7.18. The molecule has 0 aliphatic rings. The molecule has 4 nitrogen and oxygen atoms in total. The number of aromatic nitrogens is 1. The van der Waals surface area contributed by atoms with Crippen molar-refractivity contribution in [3.05, 3.63) is 102 Å². The zero-order chi connectivity index (χ0) is 20.9. The number of oxazole rings is 1. The van der Waals surface area contributed by atoms with Crippen molar-refractivity contribution in [3.63, 3.8) is 0 Å². The number of carbonyl (C=O) groups excluding carboxylic acids is 1. The van der Waals surface area contributed by atoms with Gasteiger partial charge in [-0.2, -0.15) is 0 Å². The molecule has 0 atom stereocenters. The minimum Gasteiger partial charge on any atom is -0.445 e. The minimum atomic E-state index is -0.162. The van der Waals surface area contributed by atoms with E-state index >= 15 is 0 Å². The Kier molecular flexibility index (Phi) is 5.57. The molecule has 0 unspecified atom stereocenters. The number of amides is 1. The molecule has 0 fully saturated rings. The summed E-state index contributed by atoms with van der Waals surface area (Å²) >= 11 is 0. The molecule has 30 heavy (non-hydrogen) atoms. The van der Waals surface area contributed by atoms with Crippen LogP contribution < -0.4 is 5.32 Å². The number of rotatable bonds is 5. The lowest BCUT2D eigenvalue weighted by Gasteiger charge is -2.09. The van der Waals surface area contributed by atoms with Crippen molar-refractivity contribution >= 4 is 17.7 Å². The molecule has 1 aromatic heterocycles. The average Bonchev–Trinajstić information content (AvgIpc) is 3.29. The van der Waals surface area contributed by atoms with E-state index in [0.29, 0.717) is 5.89 Å². The van der Waals surface area contributed by atoms with Gasteiger partial charge in [0.05, 0.1) is 6.20 Å². The SMILES string of the molecule is Cc1ccc(/C=C\C(=O)Nc2ccc(-c3cc(-c4ncco4)ccc3C)cc2)cc1. The standard InChI is InChI=1S/C26H22N2O2/c1-18-3-6-20(7-4-18)8-14-25(29)28-23-12-10-21(11-13-23)24-17-22(9-5-19(24)2)26-27-15-16-30-26/h3-17H,1-2H3,(H,28,29)/b14-8-. The topological polar surface area (TPSA) is 55.1 Å². The van der Waals surface area contributed by atoms with E-state index in [1.165, 1.54) is 5.56 Å². The van der Waals surface area contributed by atoms with Gasteiger partial charge >= 0.3 is 0 Å². The highest BCUT2D eigenvalue weighted by atomic mass is 16.3. The van der Waals surface area contributed by atoms with E-state index in [2.05, 4.69) is 29.4 Å². The molecule has 4 rings (SSSR count). The van der Waals surface area contributed by atoms with E-state index in [4.69, 9.17) is 4.42 Å². The predicted octanol–water partition coefficient (Wildman–Crippen LogP) is 6.28. The summed E-state index contributed by atoms with van der Waals surface area (Å²) in [5, 5.41) is 2.90. The van der Waals surface area contributed by atoms with Gasteiger partial charge in [-0.25, -0.2) is 4.98 Å². The maximum Gasteiger partial charge on any atom is 0.248 e. The van der Waals surface area contributed by atoms with Gasteiger partial charge in [0.1, 0.15) is 6.26 Å². The third-order valence-electron chi connectivity index (χ3n) is 4.88. The number of anilines is 1. The van der Waals surface area contributed by atoms with Crippen LogP contribution in [-0.2, 0) is 4.79 Å². The molecule has 0 aliphatic carbocycles. The molecule has 0 bridgehead atoms. The lowest BCUT2D eigenvalue weighted by molar-refractivity contribution is -0.111. The molecule has 0 saturated carbocycles. The second-order valence-corrected chi connectivity index (χ2v) is 7.18. The fraction of sp³-hybridized carbons (Fsp3) is 0.0769. The molecule has 1 heterocycles. The van der Waals surface area contributed by atoms with Crippen LogP contribution in [-0.4, -0.2) is 10.9 Å². The summed E-state index contributed by atoms with van der Waals surface area (Å²) in [6.45, 7) is 4.11. The van der Waals surface area contributed by atoms with Gasteiger partial charge in [-0.15, -0.1) is 0 Å². The largest absolute Gasteiger partial charge is 0.445 e. The summed E-state index contributed by atoms with van der Waals surface area (Å²) in [7, 11) is 0. The highest BCUT2D eigenvalue weighted by Crippen LogP contribution is 2.29. The third-order valence-corrected chi connectivity index (χ3v) is 4.88. The van der Waals surface area contributed by atoms with Crippen molar-refractivity contribution in [2.45, 2.75) is 13.8 Å². The second kappa shape index (κ2) is 8.62. The summed E-state index contributed by atoms with van der Waals surface area (Å²) < 4.78 is 5.41. The fourth-order valence-electron chi connectivity index (χ4n) is 3.20. The number of nitrogens with zero attached hydrogens (tertiary/aromatic N) is 1. The van der Waals surface area contributed by atoms with Crippen molar-refractivity contribution in [3.8, 4) is 22.6 Å². The van der Waals surface area contributed by atoms with Crippen LogP contribution in [0, 0.1) is 13.8 Å². The lowest BCUT2D eigenvalue weighted by atomic mass is 9.98. The van der Waals surface area contributed by atoms with Crippen LogP contribution in [0.15, 0.2) is 89.7 Å². The maximum atomic E-state index is 12.2. The zero-order valence-electron chi connectivity index (χ0n) is 16.9. The monoisotopic (exact) mass is 394 g/mol. The Morgan fingerprint density at radius 1 is 0.933 bits per heavy atom. The number of hydrogen-bond acceptors (Lipinski definition) is 3. The summed E-state index contributed by atoms with van der Waals surface area (Å²) in [6, 6.07) is 22.0. The molecule has 4 aromatic rings. The van der Waals surface area contributed by atoms with Gasteiger partial charge in [0.15, 0.2) is 0 Å². The van der Waals surface area contributed by atoms with Gasteiger partial charge < -0.3 is 9.73 Å². The van der Waals surface area contributed by atoms with E-state index < -0.39 is 0 Å². The molecule has 0 aliphatic heterocycles. The number of nitrogens with one attached hydrogen (secondary N) is 1. The first-order valence-electron chi connectivity index (χ1n) is 9.75. The second-order valence-electron chi connectivity index (χ2n) is 7.18. The Hall–Kier alpha value is -3.92. The van der Waals surface area contributed by atoms with Crippen LogP contribution in [0.3, 0.4) is 0 Å². The zero-order valence-corrected chi connectivity index (χ0v) is 16.9. The number of benzene rings is 3. The highest BCUT2D eigenvalue weighted by Gasteiger charge is 2.08. The normalized spacial score (nSPS) is 11.0. The van der Waals surface area contributed by atoms with Gasteiger partial charge in [-0.05, 0) is 66.4 Å². The van der Waals surface area contributed by atoms with E-state index in [1.54, 1.807) is 24.6 Å². The molecule has 1 N–H and O–H groups in total. The smallest absolute Gasteiger partial charge is 0.248 e. The Morgan fingerprint density at radius 2 is 1.67 bits per heavy atom. The third kappa shape index (κ3) is 4.55. The number of carbonyl (C=O) groups is 1. The first-order chi connectivity index (χ1) is 14.6. The molecule has 0 saturated heterocycles. The molecule has 148 valence electrons. The summed E-state index contributed by atoms with van der Waals surface area (Å²) in [5.74, 6) is 0.436. The highest BCUT2D eigenvalue weighted by molar-refractivity contribution is 6.02. The van der Waals surface area contributed by atoms with Crippen LogP contribution in [0.25, 0.3) is 28.7 Å². The summed E-state index contributed by atoms with van der Waals surface area (Å²) in [6.07, 6.45) is 6.56. The van der Waals surface area contributed by atoms with Crippen LogP contribution in [0.4, 0.5) is 5.69 Å². The first kappa shape index (κ1) is 19.4. The fourth-order valence-corrected chi connectivity index (χ4v) is 3.20. The van der Waals surface area contributed by atoms with Crippen molar-refractivity contribution in [2.24, 2.45) is 0 Å². The first-order valence-corrected chi connectivity index (χ1v) is 9.75. The quantitative estimate of drug-likeness (QED) is 0.405. The molecule has 1 amide bonds. The molecular weight excluding hydrogens is 372 g/mol. The van der Waals surface area contributed by atoms with Gasteiger partial charge in [-0.3, -0.25) is 4.79 Å². The van der Waals surface area contributed by atoms with Crippen LogP contribution >= 0.6 is 0 Å². The van der Waals surface area contributed by atoms with Gasteiger partial charge in [0.25, 0.3) is 0 Å². The van der Waals surface area contributed by atoms with E-state index in [0.717, 1.165) is 33.5 Å². The number of hydrogen-bond donors (Lipinski definition) is 1. The van der Waals surface area contributed by atoms with Crippen molar-refractivity contribution in [1.82, 2.24) is 4.98 Å². The average molecular weight is 394 g/mol. The van der Waals surface area contributed by atoms with Crippen molar-refractivity contribution in [2.75, 3.05) is 5.32 Å². The Bertz CT molecular complexity index is 1170. The Morgan fingerprint density at radius 3 is 2.37 bits per heavy atom.